The van der Waals surface area contributed by atoms with Gasteiger partial charge in [-0.15, -0.1) is 11.6 Å². The molecule has 84 valence electrons. The Morgan fingerprint density at radius 2 is 2.27 bits per heavy atom. The topological polar surface area (TPSA) is 40.9 Å². The fourth-order valence-corrected chi connectivity index (χ4v) is 1.67. The van der Waals surface area contributed by atoms with Gasteiger partial charge in [-0.05, 0) is 31.8 Å². The lowest BCUT2D eigenvalue weighted by atomic mass is 9.78. The van der Waals surface area contributed by atoms with Crippen molar-refractivity contribution in [1.29, 1.82) is 5.26 Å². The molecule has 0 N–H and O–H groups in total. The zero-order chi connectivity index (χ0) is 11.7. The third kappa shape index (κ3) is 4.99. The van der Waals surface area contributed by atoms with Gasteiger partial charge in [0.05, 0.1) is 11.5 Å². The molecule has 0 amide bonds. The number of allylic oxidation sites excluding steroid dienone is 1. The highest BCUT2D eigenvalue weighted by atomic mass is 35.5. The van der Waals surface area contributed by atoms with Crippen molar-refractivity contribution in [3.05, 3.63) is 12.7 Å². The highest BCUT2D eigenvalue weighted by molar-refractivity contribution is 6.17. The summed E-state index contributed by atoms with van der Waals surface area (Å²) in [5, 5.41) is 9.16. The highest BCUT2D eigenvalue weighted by Crippen LogP contribution is 2.33. The molecule has 0 aliphatic carbocycles. The van der Waals surface area contributed by atoms with Crippen molar-refractivity contribution in [3.63, 3.8) is 0 Å². The van der Waals surface area contributed by atoms with Gasteiger partial charge in [0.2, 0.25) is 0 Å². The average Bonchev–Trinajstić information content (AvgIpc) is 2.30. The molecule has 0 saturated carbocycles. The maximum atomic E-state index is 11.1. The summed E-state index contributed by atoms with van der Waals surface area (Å²) in [6, 6.07) is 2.33. The molecule has 0 radical (unpaired) electrons. The van der Waals surface area contributed by atoms with E-state index in [0.29, 0.717) is 18.7 Å². The SMILES string of the molecule is C=CC(=O)CCC(C#N)(CC)CCCCl. The van der Waals surface area contributed by atoms with Crippen molar-refractivity contribution >= 4 is 17.4 Å². The van der Waals surface area contributed by atoms with Gasteiger partial charge < -0.3 is 0 Å². The van der Waals surface area contributed by atoms with Crippen molar-refractivity contribution < 1.29 is 4.79 Å². The molecular weight excluding hydrogens is 210 g/mol. The van der Waals surface area contributed by atoms with E-state index in [1.165, 1.54) is 6.08 Å². The quantitative estimate of drug-likeness (QED) is 0.471. The van der Waals surface area contributed by atoms with Gasteiger partial charge in [0, 0.05) is 12.3 Å². The molecule has 1 atom stereocenters. The van der Waals surface area contributed by atoms with E-state index in [1.54, 1.807) is 0 Å². The van der Waals surface area contributed by atoms with E-state index in [-0.39, 0.29) is 11.2 Å². The van der Waals surface area contributed by atoms with E-state index < -0.39 is 0 Å². The number of hydrogen-bond donors (Lipinski definition) is 0. The van der Waals surface area contributed by atoms with Crippen LogP contribution in [0.3, 0.4) is 0 Å². The first-order valence-electron chi connectivity index (χ1n) is 5.26. The molecule has 0 fully saturated rings. The fraction of sp³-hybridized carbons (Fsp3) is 0.667. The molecule has 3 heteroatoms. The van der Waals surface area contributed by atoms with E-state index in [2.05, 4.69) is 12.6 Å². The third-order valence-corrected chi connectivity index (χ3v) is 3.05. The summed E-state index contributed by atoms with van der Waals surface area (Å²) in [5.74, 6) is 0.577. The van der Waals surface area contributed by atoms with Gasteiger partial charge in [-0.2, -0.15) is 5.26 Å². The Hall–Kier alpha value is -0.810. The average molecular weight is 228 g/mol. The van der Waals surface area contributed by atoms with E-state index >= 15 is 0 Å². The Morgan fingerprint density at radius 3 is 2.67 bits per heavy atom. The summed E-state index contributed by atoms with van der Waals surface area (Å²) in [6.07, 6.45) is 4.71. The summed E-state index contributed by atoms with van der Waals surface area (Å²) in [5.41, 5.74) is -0.381. The van der Waals surface area contributed by atoms with Crippen LogP contribution in [0.25, 0.3) is 0 Å². The van der Waals surface area contributed by atoms with Gasteiger partial charge >= 0.3 is 0 Å². The molecule has 1 unspecified atom stereocenters. The number of carbonyl (C=O) groups excluding carboxylic acids is 1. The monoisotopic (exact) mass is 227 g/mol. The zero-order valence-electron chi connectivity index (χ0n) is 9.26. The largest absolute Gasteiger partial charge is 0.295 e. The van der Waals surface area contributed by atoms with Gasteiger partial charge in [-0.1, -0.05) is 13.5 Å². The van der Waals surface area contributed by atoms with Crippen LogP contribution < -0.4 is 0 Å². The second-order valence-electron chi connectivity index (χ2n) is 3.71. The molecule has 0 saturated heterocycles. The standard InChI is InChI=1S/C12H18ClNO/c1-3-11(15)6-8-12(4-2,10-14)7-5-9-13/h3H,1,4-9H2,2H3. The number of nitrogens with zero attached hydrogens (tertiary/aromatic N) is 1. The molecular formula is C12H18ClNO. The molecule has 0 heterocycles. The number of hydrogen-bond acceptors (Lipinski definition) is 2. The van der Waals surface area contributed by atoms with Crippen molar-refractivity contribution in [2.45, 2.75) is 39.0 Å². The van der Waals surface area contributed by atoms with E-state index in [4.69, 9.17) is 16.9 Å². The van der Waals surface area contributed by atoms with Crippen molar-refractivity contribution in [3.8, 4) is 6.07 Å². The number of carbonyl (C=O) groups is 1. The molecule has 0 bridgehead atoms. The van der Waals surface area contributed by atoms with Crippen LogP contribution in [0.2, 0.25) is 0 Å². The van der Waals surface area contributed by atoms with Gasteiger partial charge in [-0.25, -0.2) is 0 Å². The molecule has 0 aliphatic heterocycles. The molecule has 0 aromatic heterocycles. The van der Waals surface area contributed by atoms with Crippen LogP contribution in [0, 0.1) is 16.7 Å². The van der Waals surface area contributed by atoms with Crippen LogP contribution in [0.1, 0.15) is 39.0 Å². The molecule has 0 aromatic rings. The minimum atomic E-state index is -0.381. The van der Waals surface area contributed by atoms with Crippen LogP contribution >= 0.6 is 11.6 Å². The number of halogens is 1. The first-order valence-corrected chi connectivity index (χ1v) is 5.80. The number of rotatable bonds is 8. The molecule has 15 heavy (non-hydrogen) atoms. The summed E-state index contributed by atoms with van der Waals surface area (Å²) < 4.78 is 0. The van der Waals surface area contributed by atoms with Crippen molar-refractivity contribution in [2.24, 2.45) is 5.41 Å². The Balaban J connectivity index is 4.30. The predicted molar refractivity (Wildman–Crippen MR) is 62.7 cm³/mol. The van der Waals surface area contributed by atoms with Gasteiger partial charge in [0.15, 0.2) is 5.78 Å². The Kier molecular flexibility index (Phi) is 7.07. The molecule has 0 rings (SSSR count). The van der Waals surface area contributed by atoms with Gasteiger partial charge in [0.1, 0.15) is 0 Å². The second kappa shape index (κ2) is 7.48. The number of nitriles is 1. The first kappa shape index (κ1) is 14.2. The maximum Gasteiger partial charge on any atom is 0.155 e. The Morgan fingerprint density at radius 1 is 1.60 bits per heavy atom. The minimum Gasteiger partial charge on any atom is -0.295 e. The van der Waals surface area contributed by atoms with Crippen LogP contribution in [0.15, 0.2) is 12.7 Å². The van der Waals surface area contributed by atoms with Crippen LogP contribution in [0.4, 0.5) is 0 Å². The number of ketones is 1. The second-order valence-corrected chi connectivity index (χ2v) is 4.09. The molecule has 0 spiro atoms. The molecule has 0 aromatic carbocycles. The van der Waals surface area contributed by atoms with Crippen molar-refractivity contribution in [1.82, 2.24) is 0 Å². The summed E-state index contributed by atoms with van der Waals surface area (Å²) in [4.78, 5) is 11.1. The first-order chi connectivity index (χ1) is 7.14. The van der Waals surface area contributed by atoms with Crippen LogP contribution in [-0.2, 0) is 4.79 Å². The minimum absolute atomic E-state index is 0.00829. The van der Waals surface area contributed by atoms with E-state index in [9.17, 15) is 4.79 Å². The highest BCUT2D eigenvalue weighted by Gasteiger charge is 2.27. The third-order valence-electron chi connectivity index (χ3n) is 2.78. The smallest absolute Gasteiger partial charge is 0.155 e. The van der Waals surface area contributed by atoms with Gasteiger partial charge in [0.25, 0.3) is 0 Å². The number of alkyl halides is 1. The fourth-order valence-electron chi connectivity index (χ4n) is 1.54. The molecule has 0 aliphatic rings. The summed E-state index contributed by atoms with van der Waals surface area (Å²) in [6.45, 7) is 5.40. The predicted octanol–water partition coefficient (Wildman–Crippen LogP) is 3.46. The van der Waals surface area contributed by atoms with Crippen LogP contribution in [0.5, 0.6) is 0 Å². The Bertz CT molecular complexity index is 257. The lowest BCUT2D eigenvalue weighted by molar-refractivity contribution is -0.115. The summed E-state index contributed by atoms with van der Waals surface area (Å²) >= 11 is 5.62. The summed E-state index contributed by atoms with van der Waals surface area (Å²) in [7, 11) is 0. The Labute approximate surface area is 96.9 Å². The van der Waals surface area contributed by atoms with Crippen molar-refractivity contribution in [2.75, 3.05) is 5.88 Å². The lowest BCUT2D eigenvalue weighted by Gasteiger charge is -2.24. The van der Waals surface area contributed by atoms with Crippen LogP contribution in [-0.4, -0.2) is 11.7 Å². The lowest BCUT2D eigenvalue weighted by Crippen LogP contribution is -2.19. The zero-order valence-corrected chi connectivity index (χ0v) is 10.0. The molecule has 2 nitrogen and oxygen atoms in total. The van der Waals surface area contributed by atoms with Gasteiger partial charge in [-0.3, -0.25) is 4.79 Å². The van der Waals surface area contributed by atoms with E-state index in [1.807, 2.05) is 6.92 Å². The maximum absolute atomic E-state index is 11.1. The normalized spacial score (nSPS) is 13.9. The van der Waals surface area contributed by atoms with E-state index in [0.717, 1.165) is 19.3 Å².